The summed E-state index contributed by atoms with van der Waals surface area (Å²) in [7, 11) is 0. The Morgan fingerprint density at radius 2 is 2.30 bits per heavy atom. The molecule has 4 heteroatoms. The topological polar surface area (TPSA) is 60.9 Å². The van der Waals surface area contributed by atoms with E-state index in [2.05, 4.69) is 31.9 Å². The Bertz CT molecular complexity index is 480. The third kappa shape index (κ3) is 3.11. The van der Waals surface area contributed by atoms with E-state index in [9.17, 15) is 4.79 Å². The van der Waals surface area contributed by atoms with E-state index >= 15 is 0 Å². The molecule has 2 rings (SSSR count). The lowest BCUT2D eigenvalue weighted by Gasteiger charge is -2.35. The first kappa shape index (κ1) is 15.2. The van der Waals surface area contributed by atoms with Gasteiger partial charge in [0.1, 0.15) is 0 Å². The summed E-state index contributed by atoms with van der Waals surface area (Å²) in [6.07, 6.45) is 5.24. The highest BCUT2D eigenvalue weighted by Gasteiger charge is 2.37. The van der Waals surface area contributed by atoms with Crippen molar-refractivity contribution in [3.05, 3.63) is 17.5 Å². The Hall–Kier alpha value is -1.16. The molecule has 20 heavy (non-hydrogen) atoms. The van der Waals surface area contributed by atoms with Gasteiger partial charge in [0.2, 0.25) is 0 Å². The van der Waals surface area contributed by atoms with Gasteiger partial charge in [-0.25, -0.2) is 0 Å². The first-order valence-electron chi connectivity index (χ1n) is 7.86. The van der Waals surface area contributed by atoms with Crippen molar-refractivity contribution in [2.45, 2.75) is 71.4 Å². The van der Waals surface area contributed by atoms with Gasteiger partial charge in [0, 0.05) is 12.2 Å². The van der Waals surface area contributed by atoms with Gasteiger partial charge in [0.25, 0.3) is 0 Å². The molecular weight excluding hydrogens is 250 g/mol. The molecule has 1 fully saturated rings. The second-order valence-electron chi connectivity index (χ2n) is 6.25. The normalized spacial score (nSPS) is 26.7. The van der Waals surface area contributed by atoms with Crippen molar-refractivity contribution in [3.8, 4) is 0 Å². The summed E-state index contributed by atoms with van der Waals surface area (Å²) in [6.45, 7) is 7.14. The molecule has 1 heterocycles. The van der Waals surface area contributed by atoms with Crippen LogP contribution in [0.2, 0.25) is 0 Å². The van der Waals surface area contributed by atoms with Crippen LogP contribution in [-0.4, -0.2) is 21.1 Å². The zero-order chi connectivity index (χ0) is 14.8. The van der Waals surface area contributed by atoms with Crippen molar-refractivity contribution in [2.75, 3.05) is 0 Å². The lowest BCUT2D eigenvalue weighted by atomic mass is 9.74. The largest absolute Gasteiger partial charge is 0.319 e. The quantitative estimate of drug-likeness (QED) is 0.899. The fourth-order valence-corrected chi connectivity index (χ4v) is 3.29. The van der Waals surface area contributed by atoms with Crippen molar-refractivity contribution < 1.29 is 4.79 Å². The van der Waals surface area contributed by atoms with Crippen LogP contribution in [0.3, 0.4) is 0 Å². The van der Waals surface area contributed by atoms with E-state index in [0.29, 0.717) is 12.3 Å². The maximum atomic E-state index is 12.6. The number of aryl methyl sites for hydroxylation is 2. The highest BCUT2D eigenvalue weighted by Crippen LogP contribution is 2.31. The van der Waals surface area contributed by atoms with Gasteiger partial charge in [-0.2, -0.15) is 5.10 Å². The molecule has 1 aliphatic rings. The molecule has 2 unspecified atom stereocenters. The lowest BCUT2D eigenvalue weighted by molar-refractivity contribution is -0.125. The van der Waals surface area contributed by atoms with Crippen LogP contribution < -0.4 is 5.73 Å². The van der Waals surface area contributed by atoms with E-state index in [1.54, 1.807) is 0 Å². The Morgan fingerprint density at radius 1 is 1.55 bits per heavy atom. The number of nitrogens with two attached hydrogens (primary N) is 1. The average molecular weight is 277 g/mol. The van der Waals surface area contributed by atoms with Crippen LogP contribution in [0.15, 0.2) is 6.07 Å². The molecule has 1 aromatic heterocycles. The number of hydrogen-bond donors (Lipinski definition) is 1. The lowest BCUT2D eigenvalue weighted by Crippen LogP contribution is -2.51. The molecule has 0 saturated heterocycles. The first-order valence-corrected chi connectivity index (χ1v) is 7.86. The minimum absolute atomic E-state index is 0.182. The van der Waals surface area contributed by atoms with Gasteiger partial charge in [-0.1, -0.05) is 26.7 Å². The number of nitrogens with zero attached hydrogens (tertiary/aromatic N) is 2. The van der Waals surface area contributed by atoms with E-state index in [4.69, 9.17) is 5.73 Å². The molecular formula is C16H27N3O. The predicted octanol–water partition coefficient (Wildman–Crippen LogP) is 2.48. The van der Waals surface area contributed by atoms with Crippen molar-refractivity contribution >= 4 is 5.78 Å². The average Bonchev–Trinajstić information content (AvgIpc) is 2.80. The van der Waals surface area contributed by atoms with Crippen LogP contribution in [-0.2, 0) is 24.2 Å². The number of carbonyl (C=O) groups is 1. The van der Waals surface area contributed by atoms with Crippen LogP contribution >= 0.6 is 0 Å². The third-order valence-corrected chi connectivity index (χ3v) is 4.51. The maximum absolute atomic E-state index is 12.6. The number of carbonyl (C=O) groups excluding carboxylic acids is 1. The van der Waals surface area contributed by atoms with Gasteiger partial charge in [-0.3, -0.25) is 9.48 Å². The summed E-state index contributed by atoms with van der Waals surface area (Å²) < 4.78 is 1.94. The van der Waals surface area contributed by atoms with Gasteiger partial charge in [0.15, 0.2) is 5.78 Å². The van der Waals surface area contributed by atoms with Crippen molar-refractivity contribution in [1.29, 1.82) is 0 Å². The van der Waals surface area contributed by atoms with Crippen LogP contribution in [0.5, 0.6) is 0 Å². The molecule has 1 saturated carbocycles. The second-order valence-corrected chi connectivity index (χ2v) is 6.25. The highest BCUT2D eigenvalue weighted by atomic mass is 16.1. The van der Waals surface area contributed by atoms with Gasteiger partial charge in [0.05, 0.1) is 17.7 Å². The van der Waals surface area contributed by atoms with Crippen LogP contribution in [0.4, 0.5) is 0 Å². The minimum Gasteiger partial charge on any atom is -0.319 e. The molecule has 0 amide bonds. The molecule has 1 aromatic rings. The van der Waals surface area contributed by atoms with Crippen molar-refractivity contribution in [1.82, 2.24) is 9.78 Å². The molecule has 0 aliphatic heterocycles. The molecule has 0 spiro atoms. The fourth-order valence-electron chi connectivity index (χ4n) is 3.29. The summed E-state index contributed by atoms with van der Waals surface area (Å²) in [6, 6.07) is 2.05. The number of rotatable bonds is 5. The van der Waals surface area contributed by atoms with Crippen LogP contribution in [0.1, 0.15) is 57.8 Å². The molecule has 0 radical (unpaired) electrons. The Balaban J connectivity index is 2.12. The Kier molecular flexibility index (Phi) is 4.63. The van der Waals surface area contributed by atoms with Crippen LogP contribution in [0, 0.1) is 5.92 Å². The minimum atomic E-state index is -0.618. The molecule has 4 nitrogen and oxygen atoms in total. The smallest absolute Gasteiger partial charge is 0.158 e. The van der Waals surface area contributed by atoms with Crippen molar-refractivity contribution in [2.24, 2.45) is 11.7 Å². The first-order chi connectivity index (χ1) is 9.48. The monoisotopic (exact) mass is 277 g/mol. The fraction of sp³-hybridized carbons (Fsp3) is 0.750. The molecule has 1 aliphatic carbocycles. The predicted molar refractivity (Wildman–Crippen MR) is 80.5 cm³/mol. The summed E-state index contributed by atoms with van der Waals surface area (Å²) in [4.78, 5) is 12.6. The Labute approximate surface area is 121 Å². The molecule has 0 aromatic carbocycles. The van der Waals surface area contributed by atoms with Crippen molar-refractivity contribution in [3.63, 3.8) is 0 Å². The molecule has 112 valence electrons. The summed E-state index contributed by atoms with van der Waals surface area (Å²) in [5.41, 5.74) is 7.84. The third-order valence-electron chi connectivity index (χ3n) is 4.51. The molecule has 0 bridgehead atoms. The highest BCUT2D eigenvalue weighted by molar-refractivity contribution is 5.89. The van der Waals surface area contributed by atoms with Gasteiger partial charge >= 0.3 is 0 Å². The van der Waals surface area contributed by atoms with E-state index in [1.807, 2.05) is 4.68 Å². The second kappa shape index (κ2) is 6.08. The number of ketones is 1. The van der Waals surface area contributed by atoms with Gasteiger partial charge in [-0.15, -0.1) is 0 Å². The number of hydrogen-bond acceptors (Lipinski definition) is 3. The van der Waals surface area contributed by atoms with E-state index in [-0.39, 0.29) is 5.78 Å². The molecule has 2 atom stereocenters. The Morgan fingerprint density at radius 3 is 2.90 bits per heavy atom. The SMILES string of the molecule is CCc1cc(CC(=O)C2(N)CCCC(C)C2)n(CC)n1. The van der Waals surface area contributed by atoms with E-state index in [1.165, 1.54) is 6.42 Å². The van der Waals surface area contributed by atoms with E-state index in [0.717, 1.165) is 43.6 Å². The van der Waals surface area contributed by atoms with E-state index < -0.39 is 5.54 Å². The number of aromatic nitrogens is 2. The molecule has 2 N–H and O–H groups in total. The van der Waals surface area contributed by atoms with Crippen LogP contribution in [0.25, 0.3) is 0 Å². The van der Waals surface area contributed by atoms with Gasteiger partial charge < -0.3 is 5.73 Å². The van der Waals surface area contributed by atoms with Gasteiger partial charge in [-0.05, 0) is 38.2 Å². The zero-order valence-electron chi connectivity index (χ0n) is 13.0. The maximum Gasteiger partial charge on any atom is 0.158 e. The zero-order valence-corrected chi connectivity index (χ0v) is 13.0. The summed E-state index contributed by atoms with van der Waals surface area (Å²) >= 11 is 0. The summed E-state index contributed by atoms with van der Waals surface area (Å²) in [5, 5.41) is 4.51. The number of Topliss-reactive ketones (excluding diaryl/α,β-unsaturated/α-hetero) is 1. The summed E-state index contributed by atoms with van der Waals surface area (Å²) in [5.74, 6) is 0.737. The standard InChI is InChI=1S/C16H27N3O/c1-4-13-9-14(19(5-2)18-13)10-15(20)16(17)8-6-7-12(3)11-16/h9,12H,4-8,10-11,17H2,1-3H3.